The summed E-state index contributed by atoms with van der Waals surface area (Å²) in [5, 5.41) is 3.37. The Morgan fingerprint density at radius 3 is 2.37 bits per heavy atom. The van der Waals surface area contributed by atoms with Crippen molar-refractivity contribution >= 4 is 23.4 Å². The molecule has 5 heteroatoms. The summed E-state index contributed by atoms with van der Waals surface area (Å²) in [5.41, 5.74) is 0.941. The first-order chi connectivity index (χ1) is 8.95. The molecule has 104 valence electrons. The highest BCUT2D eigenvalue weighted by Gasteiger charge is 2.23. The number of hydrogen-bond acceptors (Lipinski definition) is 2. The third-order valence-electron chi connectivity index (χ3n) is 2.87. The van der Waals surface area contributed by atoms with Gasteiger partial charge in [-0.25, -0.2) is 0 Å². The largest absolute Gasteiger partial charge is 0.355 e. The molecule has 0 saturated heterocycles. The molecular formula is C14H19ClN2O2. The minimum atomic E-state index is -0.492. The van der Waals surface area contributed by atoms with E-state index in [1.807, 2.05) is 19.1 Å². The SMILES string of the molecule is CCNC(=O)[C@@H](C)N(Cc1ccc(Cl)cc1)C(C)=O. The minimum absolute atomic E-state index is 0.131. The zero-order valence-corrected chi connectivity index (χ0v) is 12.2. The molecule has 0 aliphatic heterocycles. The van der Waals surface area contributed by atoms with E-state index in [9.17, 15) is 9.59 Å². The zero-order valence-electron chi connectivity index (χ0n) is 11.4. The van der Waals surface area contributed by atoms with Crippen LogP contribution in [0.3, 0.4) is 0 Å². The van der Waals surface area contributed by atoms with Crippen LogP contribution in [0.2, 0.25) is 5.02 Å². The van der Waals surface area contributed by atoms with Gasteiger partial charge >= 0.3 is 0 Å². The van der Waals surface area contributed by atoms with Crippen molar-refractivity contribution in [3.63, 3.8) is 0 Å². The Hall–Kier alpha value is -1.55. The smallest absolute Gasteiger partial charge is 0.242 e. The van der Waals surface area contributed by atoms with Gasteiger partial charge in [-0.15, -0.1) is 0 Å². The summed E-state index contributed by atoms with van der Waals surface area (Å²) in [4.78, 5) is 25.0. The lowest BCUT2D eigenvalue weighted by Gasteiger charge is -2.27. The van der Waals surface area contributed by atoms with Crippen molar-refractivity contribution in [1.29, 1.82) is 0 Å². The summed E-state index contributed by atoms with van der Waals surface area (Å²) in [6.07, 6.45) is 0. The molecule has 1 aromatic carbocycles. The lowest BCUT2D eigenvalue weighted by atomic mass is 10.1. The number of likely N-dealkylation sites (N-methyl/N-ethyl adjacent to an activating group) is 1. The van der Waals surface area contributed by atoms with E-state index in [-0.39, 0.29) is 11.8 Å². The first-order valence-corrected chi connectivity index (χ1v) is 6.62. The van der Waals surface area contributed by atoms with E-state index < -0.39 is 6.04 Å². The van der Waals surface area contributed by atoms with Crippen LogP contribution in [0, 0.1) is 0 Å². The lowest BCUT2D eigenvalue weighted by molar-refractivity contribution is -0.138. The van der Waals surface area contributed by atoms with Gasteiger partial charge in [0, 0.05) is 25.0 Å². The van der Waals surface area contributed by atoms with Crippen LogP contribution in [0.4, 0.5) is 0 Å². The average molecular weight is 283 g/mol. The summed E-state index contributed by atoms with van der Waals surface area (Å²) < 4.78 is 0. The van der Waals surface area contributed by atoms with Gasteiger partial charge < -0.3 is 10.2 Å². The molecule has 0 fully saturated rings. The molecule has 1 N–H and O–H groups in total. The highest BCUT2D eigenvalue weighted by molar-refractivity contribution is 6.30. The van der Waals surface area contributed by atoms with Crippen molar-refractivity contribution in [3.8, 4) is 0 Å². The molecule has 0 saturated carbocycles. The monoisotopic (exact) mass is 282 g/mol. The van der Waals surface area contributed by atoms with Gasteiger partial charge in [0.25, 0.3) is 0 Å². The Morgan fingerprint density at radius 1 is 1.32 bits per heavy atom. The zero-order chi connectivity index (χ0) is 14.4. The van der Waals surface area contributed by atoms with Crippen LogP contribution < -0.4 is 5.32 Å². The maximum atomic E-state index is 11.8. The molecule has 0 radical (unpaired) electrons. The third kappa shape index (κ3) is 4.56. The third-order valence-corrected chi connectivity index (χ3v) is 3.12. The van der Waals surface area contributed by atoms with Gasteiger partial charge in [-0.1, -0.05) is 23.7 Å². The van der Waals surface area contributed by atoms with Crippen molar-refractivity contribution in [1.82, 2.24) is 10.2 Å². The van der Waals surface area contributed by atoms with Gasteiger partial charge in [0.05, 0.1) is 0 Å². The molecule has 19 heavy (non-hydrogen) atoms. The fraction of sp³-hybridized carbons (Fsp3) is 0.429. The van der Waals surface area contributed by atoms with Crippen molar-refractivity contribution < 1.29 is 9.59 Å². The Balaban J connectivity index is 2.80. The molecule has 1 atom stereocenters. The molecule has 4 nitrogen and oxygen atoms in total. The predicted octanol–water partition coefficient (Wildman–Crippen LogP) is 2.21. The second-order valence-corrected chi connectivity index (χ2v) is 4.78. The molecule has 1 rings (SSSR count). The molecular weight excluding hydrogens is 264 g/mol. The van der Waals surface area contributed by atoms with E-state index in [1.165, 1.54) is 11.8 Å². The summed E-state index contributed by atoms with van der Waals surface area (Å²) in [6, 6.07) is 6.75. The normalized spacial score (nSPS) is 11.8. The number of halogens is 1. The van der Waals surface area contributed by atoms with Gasteiger partial charge in [-0.3, -0.25) is 9.59 Å². The van der Waals surface area contributed by atoms with E-state index in [4.69, 9.17) is 11.6 Å². The van der Waals surface area contributed by atoms with Crippen LogP contribution in [-0.2, 0) is 16.1 Å². The second-order valence-electron chi connectivity index (χ2n) is 4.34. The number of carbonyl (C=O) groups is 2. The molecule has 0 heterocycles. The summed E-state index contributed by atoms with van der Waals surface area (Å²) in [7, 11) is 0. The highest BCUT2D eigenvalue weighted by Crippen LogP contribution is 2.13. The van der Waals surface area contributed by atoms with Gasteiger partial charge in [-0.2, -0.15) is 0 Å². The Morgan fingerprint density at radius 2 is 1.89 bits per heavy atom. The average Bonchev–Trinajstić information content (AvgIpc) is 2.37. The molecule has 1 aromatic rings. The maximum absolute atomic E-state index is 11.8. The number of benzene rings is 1. The van der Waals surface area contributed by atoms with E-state index in [0.717, 1.165) is 5.56 Å². The standard InChI is InChI=1S/C14H19ClN2O2/c1-4-16-14(19)10(2)17(11(3)18)9-12-5-7-13(15)8-6-12/h5-8,10H,4,9H2,1-3H3,(H,16,19)/t10-/m1/s1. The van der Waals surface area contributed by atoms with E-state index in [1.54, 1.807) is 19.1 Å². The van der Waals surface area contributed by atoms with Crippen LogP contribution in [0.5, 0.6) is 0 Å². The Kier molecular flexibility index (Phi) is 5.83. The molecule has 0 bridgehead atoms. The van der Waals surface area contributed by atoms with Crippen molar-refractivity contribution in [2.45, 2.75) is 33.4 Å². The van der Waals surface area contributed by atoms with Gasteiger partial charge in [0.1, 0.15) is 6.04 Å². The van der Waals surface area contributed by atoms with Crippen molar-refractivity contribution in [3.05, 3.63) is 34.9 Å². The first-order valence-electron chi connectivity index (χ1n) is 6.25. The number of nitrogens with zero attached hydrogens (tertiary/aromatic N) is 1. The molecule has 0 unspecified atom stereocenters. The minimum Gasteiger partial charge on any atom is -0.355 e. The quantitative estimate of drug-likeness (QED) is 0.900. The van der Waals surface area contributed by atoms with Gasteiger partial charge in [-0.05, 0) is 31.5 Å². The summed E-state index contributed by atoms with van der Waals surface area (Å²) in [5.74, 6) is -0.277. The van der Waals surface area contributed by atoms with Crippen LogP contribution in [0.15, 0.2) is 24.3 Å². The first kappa shape index (κ1) is 15.5. The van der Waals surface area contributed by atoms with Crippen LogP contribution >= 0.6 is 11.6 Å². The van der Waals surface area contributed by atoms with Crippen LogP contribution in [-0.4, -0.2) is 29.3 Å². The van der Waals surface area contributed by atoms with Crippen LogP contribution in [0.25, 0.3) is 0 Å². The Labute approximate surface area is 118 Å². The van der Waals surface area contributed by atoms with Crippen molar-refractivity contribution in [2.75, 3.05) is 6.54 Å². The maximum Gasteiger partial charge on any atom is 0.242 e. The topological polar surface area (TPSA) is 49.4 Å². The summed E-state index contributed by atoms with van der Waals surface area (Å²) in [6.45, 7) is 5.98. The van der Waals surface area contributed by atoms with Crippen LogP contribution in [0.1, 0.15) is 26.3 Å². The van der Waals surface area contributed by atoms with Gasteiger partial charge in [0.2, 0.25) is 11.8 Å². The molecule has 2 amide bonds. The van der Waals surface area contributed by atoms with Crippen molar-refractivity contribution in [2.24, 2.45) is 0 Å². The van der Waals surface area contributed by atoms with Gasteiger partial charge in [0.15, 0.2) is 0 Å². The van der Waals surface area contributed by atoms with E-state index >= 15 is 0 Å². The number of hydrogen-bond donors (Lipinski definition) is 1. The second kappa shape index (κ2) is 7.14. The number of nitrogens with one attached hydrogen (secondary N) is 1. The predicted molar refractivity (Wildman–Crippen MR) is 75.8 cm³/mol. The lowest BCUT2D eigenvalue weighted by Crippen LogP contribution is -2.46. The molecule has 0 aromatic heterocycles. The number of carbonyl (C=O) groups excluding carboxylic acids is 2. The highest BCUT2D eigenvalue weighted by atomic mass is 35.5. The number of rotatable bonds is 5. The molecule has 0 spiro atoms. The fourth-order valence-corrected chi connectivity index (χ4v) is 1.90. The molecule has 0 aliphatic carbocycles. The summed E-state index contributed by atoms with van der Waals surface area (Å²) >= 11 is 5.82. The molecule has 0 aliphatic rings. The van der Waals surface area contributed by atoms with E-state index in [2.05, 4.69) is 5.32 Å². The fourth-order valence-electron chi connectivity index (χ4n) is 1.77. The van der Waals surface area contributed by atoms with E-state index in [0.29, 0.717) is 18.1 Å². The Bertz CT molecular complexity index is 445. The number of amides is 2.